The van der Waals surface area contributed by atoms with E-state index in [2.05, 4.69) is 16.2 Å². The number of imidazole rings is 1. The Balaban J connectivity index is 1.51. The van der Waals surface area contributed by atoms with E-state index >= 15 is 0 Å². The summed E-state index contributed by atoms with van der Waals surface area (Å²) >= 11 is 0. The zero-order chi connectivity index (χ0) is 20.6. The Bertz CT molecular complexity index is 968. The lowest BCUT2D eigenvalue weighted by Crippen LogP contribution is -2.30. The molecule has 9 heteroatoms. The van der Waals surface area contributed by atoms with Crippen LogP contribution in [0.5, 0.6) is 6.01 Å². The van der Waals surface area contributed by atoms with Crippen molar-refractivity contribution in [3.63, 3.8) is 0 Å². The molecule has 0 aromatic carbocycles. The van der Waals surface area contributed by atoms with E-state index in [4.69, 9.17) is 4.74 Å². The average molecular weight is 410 g/mol. The summed E-state index contributed by atoms with van der Waals surface area (Å²) < 4.78 is 47.2. The lowest BCUT2D eigenvalue weighted by Gasteiger charge is -2.29. The molecule has 0 atom stereocenters. The molecule has 1 saturated carbocycles. The fourth-order valence-electron chi connectivity index (χ4n) is 4.24. The Labute approximate surface area is 166 Å². The maximum atomic E-state index is 12.8. The van der Waals surface area contributed by atoms with Crippen molar-refractivity contribution in [3.05, 3.63) is 28.5 Å². The Morgan fingerprint density at radius 1 is 1.21 bits per heavy atom. The number of allylic oxidation sites excluding steroid dienone is 2. The first-order valence-electron chi connectivity index (χ1n) is 10.2. The van der Waals surface area contributed by atoms with Gasteiger partial charge >= 0.3 is 12.2 Å². The first-order valence-corrected chi connectivity index (χ1v) is 10.2. The molecule has 6 nitrogen and oxygen atoms in total. The molecular formula is C20H25F3N4O2. The molecule has 0 spiro atoms. The van der Waals surface area contributed by atoms with Gasteiger partial charge < -0.3 is 4.74 Å². The van der Waals surface area contributed by atoms with Crippen LogP contribution in [-0.2, 0) is 7.05 Å². The Kier molecular flexibility index (Phi) is 5.40. The lowest BCUT2D eigenvalue weighted by atomic mass is 9.82. The Hall–Kier alpha value is -2.32. The van der Waals surface area contributed by atoms with E-state index in [-0.39, 0.29) is 36.9 Å². The largest absolute Gasteiger partial charge is 0.463 e. The second-order valence-electron chi connectivity index (χ2n) is 8.07. The molecule has 2 aromatic rings. The molecule has 0 N–H and O–H groups in total. The molecule has 4 rings (SSSR count). The molecule has 0 bridgehead atoms. The average Bonchev–Trinajstić information content (AvgIpc) is 3.14. The second kappa shape index (κ2) is 7.84. The van der Waals surface area contributed by atoms with Crippen molar-refractivity contribution in [2.45, 2.75) is 57.5 Å². The minimum Gasteiger partial charge on any atom is -0.463 e. The summed E-state index contributed by atoms with van der Waals surface area (Å²) in [4.78, 5) is 17.1. The Morgan fingerprint density at radius 2 is 1.97 bits per heavy atom. The maximum absolute atomic E-state index is 12.8. The molecule has 2 aromatic heterocycles. The molecule has 0 aliphatic heterocycles. The topological polar surface area (TPSA) is 61.4 Å². The third kappa shape index (κ3) is 4.04. The monoisotopic (exact) mass is 410 g/mol. The molecule has 0 radical (unpaired) electrons. The minimum atomic E-state index is -4.12. The van der Waals surface area contributed by atoms with E-state index in [1.54, 1.807) is 7.05 Å². The third-order valence-electron chi connectivity index (χ3n) is 6.07. The zero-order valence-electron chi connectivity index (χ0n) is 16.4. The second-order valence-corrected chi connectivity index (χ2v) is 8.07. The summed E-state index contributed by atoms with van der Waals surface area (Å²) in [5, 5.41) is 4.48. The van der Waals surface area contributed by atoms with Gasteiger partial charge in [-0.15, -0.1) is 5.10 Å². The van der Waals surface area contributed by atoms with Gasteiger partial charge in [0, 0.05) is 7.05 Å². The quantitative estimate of drug-likeness (QED) is 0.760. The van der Waals surface area contributed by atoms with Crippen LogP contribution in [0.25, 0.3) is 11.1 Å². The summed E-state index contributed by atoms with van der Waals surface area (Å²) in [6.07, 6.45) is 4.84. The van der Waals surface area contributed by atoms with Gasteiger partial charge in [0.25, 0.3) is 5.56 Å². The van der Waals surface area contributed by atoms with E-state index in [0.29, 0.717) is 24.2 Å². The van der Waals surface area contributed by atoms with Crippen molar-refractivity contribution in [2.75, 3.05) is 6.61 Å². The highest BCUT2D eigenvalue weighted by Crippen LogP contribution is 2.39. The number of nitrogens with zero attached hydrogens (tertiary/aromatic N) is 4. The van der Waals surface area contributed by atoms with Gasteiger partial charge in [-0.25, -0.2) is 9.50 Å². The van der Waals surface area contributed by atoms with Crippen LogP contribution in [0, 0.1) is 11.8 Å². The number of halogens is 3. The predicted octanol–water partition coefficient (Wildman–Crippen LogP) is 4.13. The number of aromatic nitrogens is 4. The third-order valence-corrected chi connectivity index (χ3v) is 6.07. The van der Waals surface area contributed by atoms with E-state index in [9.17, 15) is 18.0 Å². The first kappa shape index (κ1) is 20.0. The van der Waals surface area contributed by atoms with Crippen molar-refractivity contribution >= 4 is 11.1 Å². The predicted molar refractivity (Wildman–Crippen MR) is 102 cm³/mol. The first-order chi connectivity index (χ1) is 13.8. The minimum absolute atomic E-state index is 0.0320. The summed E-state index contributed by atoms with van der Waals surface area (Å²) in [5.74, 6) is -0.521. The molecule has 0 amide bonds. The lowest BCUT2D eigenvalue weighted by molar-refractivity contribution is -0.184. The van der Waals surface area contributed by atoms with Gasteiger partial charge in [0.2, 0.25) is 0 Å². The maximum Gasteiger partial charge on any atom is 0.391 e. The van der Waals surface area contributed by atoms with Gasteiger partial charge in [0.1, 0.15) is 0 Å². The number of ether oxygens (including phenoxy) is 1. The van der Waals surface area contributed by atoms with Crippen LogP contribution >= 0.6 is 0 Å². The van der Waals surface area contributed by atoms with Crippen molar-refractivity contribution in [1.29, 1.82) is 0 Å². The fraction of sp³-hybridized carbons (Fsp3) is 0.650. The molecule has 158 valence electrons. The van der Waals surface area contributed by atoms with Crippen LogP contribution in [0.15, 0.2) is 17.1 Å². The summed E-state index contributed by atoms with van der Waals surface area (Å²) in [7, 11) is 1.58. The van der Waals surface area contributed by atoms with Crippen LogP contribution < -0.4 is 10.3 Å². The van der Waals surface area contributed by atoms with Gasteiger partial charge in [0.15, 0.2) is 11.3 Å². The van der Waals surface area contributed by atoms with Crippen molar-refractivity contribution in [1.82, 2.24) is 19.2 Å². The van der Waals surface area contributed by atoms with E-state index in [0.717, 1.165) is 31.3 Å². The van der Waals surface area contributed by atoms with Crippen molar-refractivity contribution in [2.24, 2.45) is 18.9 Å². The smallest absolute Gasteiger partial charge is 0.391 e. The zero-order valence-corrected chi connectivity index (χ0v) is 16.4. The van der Waals surface area contributed by atoms with Crippen LogP contribution in [0.3, 0.4) is 0 Å². The van der Waals surface area contributed by atoms with Crippen molar-refractivity contribution < 1.29 is 17.9 Å². The molecule has 1 fully saturated rings. The van der Waals surface area contributed by atoms with E-state index < -0.39 is 12.1 Å². The van der Waals surface area contributed by atoms with E-state index in [1.807, 2.05) is 0 Å². The number of rotatable bonds is 4. The van der Waals surface area contributed by atoms with Gasteiger partial charge in [0.05, 0.1) is 18.7 Å². The molecule has 0 unspecified atom stereocenters. The molecule has 0 saturated heterocycles. The summed E-state index contributed by atoms with van der Waals surface area (Å²) in [5.41, 5.74) is 1.20. The SMILES string of the molecule is Cn1c(OC[C@H]2CC[C@H](C(F)(F)F)CC2)nn2c(C3=CCCCC3)ncc2c1=O. The van der Waals surface area contributed by atoms with Crippen LogP contribution in [0.2, 0.25) is 0 Å². The normalized spacial score (nSPS) is 23.2. The summed E-state index contributed by atoms with van der Waals surface area (Å²) in [6.45, 7) is 0.253. The number of alkyl halides is 3. The molecular weight excluding hydrogens is 385 g/mol. The molecule has 2 aliphatic carbocycles. The van der Waals surface area contributed by atoms with Crippen LogP contribution in [-0.4, -0.2) is 31.9 Å². The van der Waals surface area contributed by atoms with Crippen LogP contribution in [0.4, 0.5) is 13.2 Å². The molecule has 29 heavy (non-hydrogen) atoms. The number of hydrogen-bond acceptors (Lipinski definition) is 4. The fourth-order valence-corrected chi connectivity index (χ4v) is 4.24. The van der Waals surface area contributed by atoms with Gasteiger partial charge in [-0.1, -0.05) is 6.08 Å². The van der Waals surface area contributed by atoms with Gasteiger partial charge in [-0.05, 0) is 62.9 Å². The number of hydrogen-bond donors (Lipinski definition) is 0. The molecule has 2 heterocycles. The van der Waals surface area contributed by atoms with Gasteiger partial charge in [-0.3, -0.25) is 9.36 Å². The number of fused-ring (bicyclic) bond motifs is 1. The highest BCUT2D eigenvalue weighted by atomic mass is 19.4. The van der Waals surface area contributed by atoms with Crippen LogP contribution in [0.1, 0.15) is 57.2 Å². The Morgan fingerprint density at radius 3 is 2.62 bits per heavy atom. The highest BCUT2D eigenvalue weighted by molar-refractivity contribution is 5.64. The van der Waals surface area contributed by atoms with Gasteiger partial charge in [-0.2, -0.15) is 13.2 Å². The standard InChI is InChI=1S/C20H25F3N4O2/c1-26-18(28)16-11-24-17(14-5-3-2-4-6-14)27(16)25-19(26)29-12-13-7-9-15(10-8-13)20(21,22)23/h5,11,13,15H,2-4,6-10,12H2,1H3/t13-,15-. The highest BCUT2D eigenvalue weighted by Gasteiger charge is 2.41. The summed E-state index contributed by atoms with van der Waals surface area (Å²) in [6, 6.07) is 0.163. The van der Waals surface area contributed by atoms with E-state index in [1.165, 1.54) is 15.3 Å². The molecule has 2 aliphatic rings. The van der Waals surface area contributed by atoms with Crippen molar-refractivity contribution in [3.8, 4) is 6.01 Å².